The lowest BCUT2D eigenvalue weighted by atomic mass is 10.1. The molecule has 1 heterocycles. The zero-order chi connectivity index (χ0) is 12.3. The Morgan fingerprint density at radius 2 is 2.18 bits per heavy atom. The zero-order valence-corrected chi connectivity index (χ0v) is 11.6. The largest absolute Gasteiger partial charge is 0.496 e. The first-order valence-electron chi connectivity index (χ1n) is 5.20. The highest BCUT2D eigenvalue weighted by Gasteiger charge is 2.15. The summed E-state index contributed by atoms with van der Waals surface area (Å²) in [7, 11) is 1.66. The number of halogens is 2. The summed E-state index contributed by atoms with van der Waals surface area (Å²) >= 11 is 14.0. The fourth-order valence-electron chi connectivity index (χ4n) is 1.67. The van der Waals surface area contributed by atoms with Gasteiger partial charge in [0.1, 0.15) is 5.75 Å². The van der Waals surface area contributed by atoms with Crippen LogP contribution in [-0.2, 0) is 6.42 Å². The smallest absolute Gasteiger partial charge is 0.134 e. The number of hydrogen-bond donors (Lipinski definition) is 0. The lowest BCUT2D eigenvalue weighted by Crippen LogP contribution is -1.95. The van der Waals surface area contributed by atoms with Crippen LogP contribution in [0.5, 0.6) is 5.75 Å². The molecule has 1 aromatic heterocycles. The maximum atomic E-state index is 6.41. The normalized spacial score (nSPS) is 12.4. The standard InChI is InChI=1S/C13H12Cl2OS/c1-16-12-5-6-17-13(12)11(15)8-9-3-2-4-10(14)7-9/h2-7,11H,8H2,1H3. The van der Waals surface area contributed by atoms with Crippen molar-refractivity contribution in [1.82, 2.24) is 0 Å². The Hall–Kier alpha value is -0.700. The summed E-state index contributed by atoms with van der Waals surface area (Å²) in [4.78, 5) is 1.06. The van der Waals surface area contributed by atoms with Gasteiger partial charge in [-0.3, -0.25) is 0 Å². The van der Waals surface area contributed by atoms with Crippen LogP contribution in [0.2, 0.25) is 5.02 Å². The third-order valence-corrected chi connectivity index (χ3v) is 4.21. The number of rotatable bonds is 4. The Morgan fingerprint density at radius 1 is 1.35 bits per heavy atom. The molecule has 1 nitrogen and oxygen atoms in total. The van der Waals surface area contributed by atoms with E-state index in [1.165, 1.54) is 0 Å². The third kappa shape index (κ3) is 3.15. The summed E-state index contributed by atoms with van der Waals surface area (Å²) in [5.74, 6) is 0.858. The first-order valence-corrected chi connectivity index (χ1v) is 6.90. The molecule has 0 spiro atoms. The minimum atomic E-state index is -0.0802. The van der Waals surface area contributed by atoms with Crippen LogP contribution < -0.4 is 4.74 Å². The van der Waals surface area contributed by atoms with Crippen LogP contribution in [0.3, 0.4) is 0 Å². The molecule has 1 aromatic carbocycles. The van der Waals surface area contributed by atoms with Crippen LogP contribution in [0.4, 0.5) is 0 Å². The van der Waals surface area contributed by atoms with Gasteiger partial charge >= 0.3 is 0 Å². The Bertz CT molecular complexity index is 496. The van der Waals surface area contributed by atoms with Gasteiger partial charge in [-0.2, -0.15) is 0 Å². The van der Waals surface area contributed by atoms with Gasteiger partial charge in [-0.1, -0.05) is 23.7 Å². The minimum Gasteiger partial charge on any atom is -0.496 e. The second-order valence-corrected chi connectivity index (χ2v) is 5.57. The van der Waals surface area contributed by atoms with Gasteiger partial charge in [0, 0.05) is 5.02 Å². The molecule has 0 saturated carbocycles. The molecule has 17 heavy (non-hydrogen) atoms. The van der Waals surface area contributed by atoms with Gasteiger partial charge in [0.25, 0.3) is 0 Å². The predicted octanol–water partition coefficient (Wildman–Crippen LogP) is 4.93. The van der Waals surface area contributed by atoms with Crippen molar-refractivity contribution in [2.24, 2.45) is 0 Å². The van der Waals surface area contributed by atoms with Crippen molar-refractivity contribution >= 4 is 34.5 Å². The van der Waals surface area contributed by atoms with Crippen LogP contribution in [0, 0.1) is 0 Å². The van der Waals surface area contributed by atoms with Gasteiger partial charge in [-0.05, 0) is 35.6 Å². The number of thiophene rings is 1. The Balaban J connectivity index is 2.14. The van der Waals surface area contributed by atoms with Crippen LogP contribution >= 0.6 is 34.5 Å². The van der Waals surface area contributed by atoms with Crippen molar-refractivity contribution in [2.75, 3.05) is 7.11 Å². The molecule has 1 atom stereocenters. The molecule has 2 rings (SSSR count). The highest BCUT2D eigenvalue weighted by atomic mass is 35.5. The second-order valence-electron chi connectivity index (χ2n) is 3.65. The summed E-state index contributed by atoms with van der Waals surface area (Å²) in [6.45, 7) is 0. The molecule has 4 heteroatoms. The van der Waals surface area contributed by atoms with Crippen molar-refractivity contribution in [1.29, 1.82) is 0 Å². The Labute approximate surface area is 115 Å². The van der Waals surface area contributed by atoms with Crippen molar-refractivity contribution < 1.29 is 4.74 Å². The van der Waals surface area contributed by atoms with Crippen LogP contribution in [-0.4, -0.2) is 7.11 Å². The molecule has 90 valence electrons. The van der Waals surface area contributed by atoms with Gasteiger partial charge in [0.2, 0.25) is 0 Å². The van der Waals surface area contributed by atoms with Crippen molar-refractivity contribution in [2.45, 2.75) is 11.8 Å². The van der Waals surface area contributed by atoms with Gasteiger partial charge in [-0.15, -0.1) is 22.9 Å². The summed E-state index contributed by atoms with van der Waals surface area (Å²) in [5, 5.41) is 2.65. The third-order valence-electron chi connectivity index (χ3n) is 2.47. The van der Waals surface area contributed by atoms with E-state index in [2.05, 4.69) is 0 Å². The average Bonchev–Trinajstić information content (AvgIpc) is 2.77. The van der Waals surface area contributed by atoms with Gasteiger partial charge < -0.3 is 4.74 Å². The van der Waals surface area contributed by atoms with Gasteiger partial charge in [-0.25, -0.2) is 0 Å². The molecular formula is C13H12Cl2OS. The van der Waals surface area contributed by atoms with Crippen molar-refractivity contribution in [3.63, 3.8) is 0 Å². The average molecular weight is 287 g/mol. The van der Waals surface area contributed by atoms with E-state index in [0.29, 0.717) is 0 Å². The molecule has 0 fully saturated rings. The molecule has 1 unspecified atom stereocenters. The molecule has 0 radical (unpaired) electrons. The van der Waals surface area contributed by atoms with E-state index in [1.54, 1.807) is 18.4 Å². The van der Waals surface area contributed by atoms with E-state index < -0.39 is 0 Å². The molecule has 0 aliphatic carbocycles. The second kappa shape index (κ2) is 5.76. The monoisotopic (exact) mass is 286 g/mol. The van der Waals surface area contributed by atoms with Crippen LogP contribution in [0.15, 0.2) is 35.7 Å². The van der Waals surface area contributed by atoms with Crippen molar-refractivity contribution in [3.8, 4) is 5.75 Å². The maximum absolute atomic E-state index is 6.41. The topological polar surface area (TPSA) is 9.23 Å². The minimum absolute atomic E-state index is 0.0802. The first-order chi connectivity index (χ1) is 8.20. The predicted molar refractivity (Wildman–Crippen MR) is 74.6 cm³/mol. The number of hydrogen-bond acceptors (Lipinski definition) is 2. The van der Waals surface area contributed by atoms with Crippen LogP contribution in [0.1, 0.15) is 15.8 Å². The molecule has 0 aliphatic heterocycles. The summed E-state index contributed by atoms with van der Waals surface area (Å²) in [6, 6.07) is 9.71. The Morgan fingerprint density at radius 3 is 2.88 bits per heavy atom. The molecule has 0 saturated heterocycles. The van der Waals surface area contributed by atoms with Gasteiger partial charge in [0.15, 0.2) is 0 Å². The van der Waals surface area contributed by atoms with Crippen LogP contribution in [0.25, 0.3) is 0 Å². The molecule has 0 N–H and O–H groups in total. The fraction of sp³-hybridized carbons (Fsp3) is 0.231. The first kappa shape index (κ1) is 12.7. The number of methoxy groups -OCH3 is 1. The molecule has 2 aromatic rings. The zero-order valence-electron chi connectivity index (χ0n) is 9.32. The quantitative estimate of drug-likeness (QED) is 0.724. The maximum Gasteiger partial charge on any atom is 0.134 e. The lowest BCUT2D eigenvalue weighted by Gasteiger charge is -2.10. The van der Waals surface area contributed by atoms with E-state index in [9.17, 15) is 0 Å². The Kier molecular flexibility index (Phi) is 4.32. The number of alkyl halides is 1. The number of ether oxygens (including phenoxy) is 1. The highest BCUT2D eigenvalue weighted by molar-refractivity contribution is 7.10. The SMILES string of the molecule is COc1ccsc1C(Cl)Cc1cccc(Cl)c1. The molecule has 0 bridgehead atoms. The number of benzene rings is 1. The molecular weight excluding hydrogens is 275 g/mol. The van der Waals surface area contributed by atoms with E-state index in [4.69, 9.17) is 27.9 Å². The molecule has 0 amide bonds. The lowest BCUT2D eigenvalue weighted by molar-refractivity contribution is 0.412. The molecule has 0 aliphatic rings. The van der Waals surface area contributed by atoms with Crippen molar-refractivity contribution in [3.05, 3.63) is 51.2 Å². The summed E-state index contributed by atoms with van der Waals surface area (Å²) in [6.07, 6.45) is 0.749. The summed E-state index contributed by atoms with van der Waals surface area (Å²) < 4.78 is 5.27. The fourth-order valence-corrected chi connectivity index (χ4v) is 3.16. The van der Waals surface area contributed by atoms with E-state index >= 15 is 0 Å². The van der Waals surface area contributed by atoms with E-state index in [-0.39, 0.29) is 5.38 Å². The van der Waals surface area contributed by atoms with E-state index in [1.807, 2.05) is 35.7 Å². The highest BCUT2D eigenvalue weighted by Crippen LogP contribution is 2.36. The van der Waals surface area contributed by atoms with Gasteiger partial charge in [0.05, 0.1) is 17.4 Å². The van der Waals surface area contributed by atoms with E-state index in [0.717, 1.165) is 27.6 Å². The summed E-state index contributed by atoms with van der Waals surface area (Å²) in [5.41, 5.74) is 1.13.